The van der Waals surface area contributed by atoms with Crippen LogP contribution in [0.5, 0.6) is 0 Å². The summed E-state index contributed by atoms with van der Waals surface area (Å²) in [6.07, 6.45) is -1.35. The van der Waals surface area contributed by atoms with Crippen LogP contribution in [0.25, 0.3) is 5.65 Å². The van der Waals surface area contributed by atoms with Gasteiger partial charge in [0.05, 0.1) is 10.6 Å². The fourth-order valence-corrected chi connectivity index (χ4v) is 2.31. The van der Waals surface area contributed by atoms with Crippen molar-refractivity contribution in [3.05, 3.63) is 53.1 Å². The summed E-state index contributed by atoms with van der Waals surface area (Å²) in [5, 5.41) is 10.9. The fraction of sp³-hybridized carbons (Fsp3) is 0.214. The molecule has 5 nitrogen and oxygen atoms in total. The Bertz CT molecular complexity index is 831. The summed E-state index contributed by atoms with van der Waals surface area (Å²) in [5.41, 5.74) is -0.148. The Balaban J connectivity index is 1.67. The molecule has 23 heavy (non-hydrogen) atoms. The van der Waals surface area contributed by atoms with E-state index in [0.29, 0.717) is 13.0 Å². The molecule has 120 valence electrons. The van der Waals surface area contributed by atoms with Crippen LogP contribution in [0.4, 0.5) is 19.0 Å². The molecule has 3 aromatic rings. The Morgan fingerprint density at radius 3 is 2.78 bits per heavy atom. The maximum Gasteiger partial charge on any atom is 0.417 e. The number of anilines is 1. The quantitative estimate of drug-likeness (QED) is 0.789. The highest BCUT2D eigenvalue weighted by molar-refractivity contribution is 6.32. The van der Waals surface area contributed by atoms with Crippen LogP contribution < -0.4 is 5.32 Å². The van der Waals surface area contributed by atoms with E-state index in [9.17, 15) is 13.2 Å². The number of aromatic nitrogens is 4. The molecule has 9 heteroatoms. The number of pyridine rings is 2. The van der Waals surface area contributed by atoms with Crippen LogP contribution >= 0.6 is 11.6 Å². The van der Waals surface area contributed by atoms with E-state index in [4.69, 9.17) is 11.6 Å². The molecule has 0 aliphatic heterocycles. The maximum atomic E-state index is 12.5. The smallest absolute Gasteiger partial charge is 0.368 e. The van der Waals surface area contributed by atoms with Crippen molar-refractivity contribution in [3.63, 3.8) is 0 Å². The first kappa shape index (κ1) is 15.5. The molecule has 3 heterocycles. The van der Waals surface area contributed by atoms with Crippen LogP contribution in [0.1, 0.15) is 11.4 Å². The van der Waals surface area contributed by atoms with Gasteiger partial charge < -0.3 is 5.32 Å². The number of rotatable bonds is 4. The first-order chi connectivity index (χ1) is 10.9. The van der Waals surface area contributed by atoms with E-state index in [1.165, 1.54) is 0 Å². The lowest BCUT2D eigenvalue weighted by atomic mass is 10.2. The fourth-order valence-electron chi connectivity index (χ4n) is 2.08. The third-order valence-electron chi connectivity index (χ3n) is 3.19. The molecule has 1 N–H and O–H groups in total. The number of fused-ring (bicyclic) bond motifs is 1. The lowest BCUT2D eigenvalue weighted by Gasteiger charge is -2.10. The normalized spacial score (nSPS) is 11.8. The minimum Gasteiger partial charge on any atom is -0.368 e. The van der Waals surface area contributed by atoms with Gasteiger partial charge in [0.2, 0.25) is 0 Å². The minimum absolute atomic E-state index is 0.0778. The van der Waals surface area contributed by atoms with E-state index in [-0.39, 0.29) is 10.8 Å². The lowest BCUT2D eigenvalue weighted by molar-refractivity contribution is -0.137. The number of nitrogens with zero attached hydrogens (tertiary/aromatic N) is 4. The number of hydrogen-bond acceptors (Lipinski definition) is 4. The van der Waals surface area contributed by atoms with Crippen LogP contribution in [-0.2, 0) is 12.6 Å². The Morgan fingerprint density at radius 1 is 1.22 bits per heavy atom. The van der Waals surface area contributed by atoms with Crippen molar-refractivity contribution in [2.24, 2.45) is 0 Å². The highest BCUT2D eigenvalue weighted by atomic mass is 35.5. The lowest BCUT2D eigenvalue weighted by Crippen LogP contribution is -2.11. The molecule has 0 fully saturated rings. The molecular weight excluding hydrogens is 331 g/mol. The third-order valence-corrected chi connectivity index (χ3v) is 3.48. The number of halogens is 4. The summed E-state index contributed by atoms with van der Waals surface area (Å²) in [4.78, 5) is 3.72. The Morgan fingerprint density at radius 2 is 2.04 bits per heavy atom. The van der Waals surface area contributed by atoms with Crippen molar-refractivity contribution in [1.29, 1.82) is 0 Å². The van der Waals surface area contributed by atoms with Crippen molar-refractivity contribution >= 4 is 23.1 Å². The van der Waals surface area contributed by atoms with Gasteiger partial charge in [-0.3, -0.25) is 4.40 Å². The summed E-state index contributed by atoms with van der Waals surface area (Å²) in [6, 6.07) is 6.40. The van der Waals surface area contributed by atoms with Gasteiger partial charge in [-0.1, -0.05) is 17.7 Å². The molecule has 0 saturated heterocycles. The van der Waals surface area contributed by atoms with Crippen LogP contribution in [0.2, 0.25) is 5.02 Å². The number of alkyl halides is 3. The second-order valence-electron chi connectivity index (χ2n) is 4.77. The summed E-state index contributed by atoms with van der Waals surface area (Å²) in [6.45, 7) is 0.410. The van der Waals surface area contributed by atoms with Gasteiger partial charge in [0.1, 0.15) is 11.6 Å². The van der Waals surface area contributed by atoms with Gasteiger partial charge in [0.15, 0.2) is 5.65 Å². The zero-order valence-corrected chi connectivity index (χ0v) is 12.4. The first-order valence-corrected chi connectivity index (χ1v) is 7.08. The molecule has 0 radical (unpaired) electrons. The van der Waals surface area contributed by atoms with E-state index in [1.807, 2.05) is 28.8 Å². The molecule has 0 aromatic carbocycles. The highest BCUT2D eigenvalue weighted by Crippen LogP contribution is 2.32. The summed E-state index contributed by atoms with van der Waals surface area (Å²) < 4.78 is 39.5. The van der Waals surface area contributed by atoms with Gasteiger partial charge in [-0.25, -0.2) is 4.98 Å². The zero-order valence-electron chi connectivity index (χ0n) is 11.7. The van der Waals surface area contributed by atoms with Gasteiger partial charge in [-0.15, -0.1) is 10.2 Å². The topological polar surface area (TPSA) is 55.1 Å². The van der Waals surface area contributed by atoms with E-state index in [1.54, 1.807) is 0 Å². The zero-order chi connectivity index (χ0) is 16.4. The van der Waals surface area contributed by atoms with Gasteiger partial charge in [0, 0.05) is 25.4 Å². The standard InChI is InChI=1S/C14H11ClF3N5/c15-10-7-9(14(16,17)18)8-20-13(10)19-5-4-12-22-21-11-3-1-2-6-23(11)12/h1-3,6-8H,4-5H2,(H,19,20). The van der Waals surface area contributed by atoms with Crippen molar-refractivity contribution in [3.8, 4) is 0 Å². The first-order valence-electron chi connectivity index (χ1n) is 6.70. The molecular formula is C14H11ClF3N5. The van der Waals surface area contributed by atoms with Crippen molar-refractivity contribution in [2.45, 2.75) is 12.6 Å². The van der Waals surface area contributed by atoms with Gasteiger partial charge in [0.25, 0.3) is 0 Å². The largest absolute Gasteiger partial charge is 0.417 e. The Labute approximate surface area is 134 Å². The summed E-state index contributed by atoms with van der Waals surface area (Å²) in [5.74, 6) is 0.935. The SMILES string of the molecule is FC(F)(F)c1cnc(NCCc2nnc3ccccn23)c(Cl)c1. The number of nitrogens with one attached hydrogen (secondary N) is 1. The predicted molar refractivity (Wildman–Crippen MR) is 79.4 cm³/mol. The summed E-state index contributed by atoms with van der Waals surface area (Å²) >= 11 is 5.83. The molecule has 0 bridgehead atoms. The van der Waals surface area contributed by atoms with E-state index in [0.717, 1.165) is 23.7 Å². The van der Waals surface area contributed by atoms with Gasteiger partial charge in [-0.05, 0) is 18.2 Å². The summed E-state index contributed by atoms with van der Waals surface area (Å²) in [7, 11) is 0. The van der Waals surface area contributed by atoms with Crippen molar-refractivity contribution < 1.29 is 13.2 Å². The Kier molecular flexibility index (Phi) is 4.08. The van der Waals surface area contributed by atoms with Crippen LogP contribution in [-0.4, -0.2) is 26.1 Å². The molecule has 0 spiro atoms. The van der Waals surface area contributed by atoms with Gasteiger partial charge in [-0.2, -0.15) is 13.2 Å². The average molecular weight is 342 g/mol. The molecule has 0 unspecified atom stereocenters. The highest BCUT2D eigenvalue weighted by Gasteiger charge is 2.31. The van der Waals surface area contributed by atoms with Crippen LogP contribution in [0.3, 0.4) is 0 Å². The molecule has 0 aliphatic rings. The second kappa shape index (κ2) is 6.04. The van der Waals surface area contributed by atoms with Gasteiger partial charge >= 0.3 is 6.18 Å². The second-order valence-corrected chi connectivity index (χ2v) is 5.18. The minimum atomic E-state index is -4.46. The molecule has 3 rings (SSSR count). The monoisotopic (exact) mass is 341 g/mol. The van der Waals surface area contributed by atoms with Crippen molar-refractivity contribution in [2.75, 3.05) is 11.9 Å². The maximum absolute atomic E-state index is 12.5. The predicted octanol–water partition coefficient (Wildman–Crippen LogP) is 3.45. The van der Waals surface area contributed by atoms with E-state index in [2.05, 4.69) is 20.5 Å². The van der Waals surface area contributed by atoms with Crippen LogP contribution in [0.15, 0.2) is 36.7 Å². The average Bonchev–Trinajstić information content (AvgIpc) is 2.91. The van der Waals surface area contributed by atoms with E-state index < -0.39 is 11.7 Å². The molecule has 0 amide bonds. The molecule has 3 aromatic heterocycles. The third kappa shape index (κ3) is 3.37. The molecule has 0 aliphatic carbocycles. The van der Waals surface area contributed by atoms with Crippen molar-refractivity contribution in [1.82, 2.24) is 19.6 Å². The van der Waals surface area contributed by atoms with Crippen LogP contribution in [0, 0.1) is 0 Å². The number of hydrogen-bond donors (Lipinski definition) is 1. The molecule has 0 saturated carbocycles. The molecule has 0 atom stereocenters. The van der Waals surface area contributed by atoms with E-state index >= 15 is 0 Å². The Hall–Kier alpha value is -2.35.